The van der Waals surface area contributed by atoms with Gasteiger partial charge in [-0.2, -0.15) is 0 Å². The van der Waals surface area contributed by atoms with Gasteiger partial charge in [-0.25, -0.2) is 0 Å². The number of halogens is 1. The fourth-order valence-corrected chi connectivity index (χ4v) is 3.15. The monoisotopic (exact) mass is 340 g/mol. The predicted molar refractivity (Wildman–Crippen MR) is 85.6 cm³/mol. The molecule has 0 spiro atoms. The molecule has 1 atom stereocenters. The van der Waals surface area contributed by atoms with Gasteiger partial charge in [0, 0.05) is 41.4 Å². The molecule has 0 aliphatic carbocycles. The summed E-state index contributed by atoms with van der Waals surface area (Å²) >= 11 is 3.49. The van der Waals surface area contributed by atoms with Crippen LogP contribution in [0.25, 0.3) is 0 Å². The molecule has 0 radical (unpaired) electrons. The van der Waals surface area contributed by atoms with Crippen molar-refractivity contribution in [3.05, 3.63) is 28.2 Å². The predicted octanol–water partition coefficient (Wildman–Crippen LogP) is 2.07. The van der Waals surface area contributed by atoms with Crippen LogP contribution in [0.3, 0.4) is 0 Å². The lowest BCUT2D eigenvalue weighted by molar-refractivity contribution is 0.213. The van der Waals surface area contributed by atoms with E-state index in [9.17, 15) is 0 Å². The minimum absolute atomic E-state index is 0.119. The molecule has 1 fully saturated rings. The first-order valence-electron chi connectivity index (χ1n) is 6.79. The van der Waals surface area contributed by atoms with Crippen molar-refractivity contribution in [1.29, 1.82) is 0 Å². The van der Waals surface area contributed by atoms with E-state index < -0.39 is 0 Å². The van der Waals surface area contributed by atoms with Crippen molar-refractivity contribution >= 4 is 27.5 Å². The molecule has 1 unspecified atom stereocenters. The minimum Gasteiger partial charge on any atom is -0.409 e. The molecule has 2 rings (SSSR count). The summed E-state index contributed by atoms with van der Waals surface area (Å²) in [6.45, 7) is 5.34. The van der Waals surface area contributed by atoms with Crippen molar-refractivity contribution in [2.45, 2.75) is 19.4 Å². The fraction of sp³-hybridized carbons (Fsp3) is 0.500. The quantitative estimate of drug-likeness (QED) is 0.382. The average Bonchev–Trinajstić information content (AvgIpc) is 2.47. The molecule has 1 heterocycles. The summed E-state index contributed by atoms with van der Waals surface area (Å²) in [5.41, 5.74) is 7.51. The summed E-state index contributed by atoms with van der Waals surface area (Å²) in [5.74, 6) is 0.119. The number of nitrogens with zero attached hydrogens (tertiary/aromatic N) is 3. The summed E-state index contributed by atoms with van der Waals surface area (Å²) in [7, 11) is 2.18. The summed E-state index contributed by atoms with van der Waals surface area (Å²) in [4.78, 5) is 4.80. The number of amidine groups is 1. The molecule has 1 aromatic carbocycles. The van der Waals surface area contributed by atoms with Crippen molar-refractivity contribution in [2.24, 2.45) is 10.9 Å². The van der Waals surface area contributed by atoms with E-state index in [0.29, 0.717) is 11.6 Å². The Morgan fingerprint density at radius 1 is 1.50 bits per heavy atom. The normalized spacial score (nSPS) is 21.2. The third-order valence-corrected chi connectivity index (χ3v) is 4.61. The molecular weight excluding hydrogens is 320 g/mol. The lowest BCUT2D eigenvalue weighted by Crippen LogP contribution is -2.51. The van der Waals surface area contributed by atoms with E-state index in [1.807, 2.05) is 18.2 Å². The lowest BCUT2D eigenvalue weighted by Gasteiger charge is -2.40. The zero-order valence-electron chi connectivity index (χ0n) is 11.9. The van der Waals surface area contributed by atoms with Crippen LogP contribution in [0, 0.1) is 0 Å². The Bertz CT molecular complexity index is 506. The van der Waals surface area contributed by atoms with E-state index in [0.717, 1.165) is 36.2 Å². The number of hydrogen-bond donors (Lipinski definition) is 2. The third kappa shape index (κ3) is 3.07. The number of nitrogens with two attached hydrogens (primary N) is 1. The molecule has 5 nitrogen and oxygen atoms in total. The number of benzene rings is 1. The first-order valence-corrected chi connectivity index (χ1v) is 7.58. The van der Waals surface area contributed by atoms with E-state index >= 15 is 0 Å². The zero-order valence-corrected chi connectivity index (χ0v) is 13.5. The second-order valence-corrected chi connectivity index (χ2v) is 5.99. The Balaban J connectivity index is 2.20. The summed E-state index contributed by atoms with van der Waals surface area (Å²) in [5, 5.41) is 11.8. The highest BCUT2D eigenvalue weighted by atomic mass is 79.9. The van der Waals surface area contributed by atoms with Gasteiger partial charge in [-0.3, -0.25) is 4.90 Å². The highest BCUT2D eigenvalue weighted by Crippen LogP contribution is 2.26. The van der Waals surface area contributed by atoms with Gasteiger partial charge in [0.15, 0.2) is 5.84 Å². The Hall–Kier alpha value is -1.27. The molecule has 1 aliphatic rings. The smallest absolute Gasteiger partial charge is 0.171 e. The van der Waals surface area contributed by atoms with Gasteiger partial charge in [-0.05, 0) is 47.6 Å². The molecule has 1 aromatic rings. The van der Waals surface area contributed by atoms with Crippen molar-refractivity contribution in [3.8, 4) is 0 Å². The topological polar surface area (TPSA) is 65.1 Å². The molecule has 6 heteroatoms. The average molecular weight is 341 g/mol. The molecular formula is C14H21BrN4O. The molecule has 0 saturated carbocycles. The van der Waals surface area contributed by atoms with Crippen LogP contribution in [-0.2, 0) is 0 Å². The Morgan fingerprint density at radius 3 is 2.85 bits per heavy atom. The molecule has 0 amide bonds. The Morgan fingerprint density at radius 2 is 2.25 bits per heavy atom. The van der Waals surface area contributed by atoms with Crippen molar-refractivity contribution in [2.75, 3.05) is 31.6 Å². The van der Waals surface area contributed by atoms with Gasteiger partial charge < -0.3 is 15.8 Å². The first-order chi connectivity index (χ1) is 9.56. The first kappa shape index (κ1) is 15.1. The van der Waals surface area contributed by atoms with Crippen LogP contribution in [0.2, 0.25) is 0 Å². The van der Waals surface area contributed by atoms with Gasteiger partial charge >= 0.3 is 0 Å². The Labute approximate surface area is 128 Å². The summed E-state index contributed by atoms with van der Waals surface area (Å²) in [6.07, 6.45) is 1.15. The largest absolute Gasteiger partial charge is 0.409 e. The number of likely N-dealkylation sites (N-methyl/N-ethyl adjacent to an activating group) is 1. The maximum Gasteiger partial charge on any atom is 0.171 e. The van der Waals surface area contributed by atoms with Crippen molar-refractivity contribution < 1.29 is 5.21 Å². The number of hydrogen-bond acceptors (Lipinski definition) is 4. The van der Waals surface area contributed by atoms with Crippen LogP contribution in [0.1, 0.15) is 18.9 Å². The SMILES string of the molecule is CCC1CN(c2ccc(/C(N)=N/O)c(Br)c2)CCN1C. The fourth-order valence-electron chi connectivity index (χ4n) is 2.58. The van der Waals surface area contributed by atoms with E-state index in [1.54, 1.807) is 0 Å². The molecule has 0 bridgehead atoms. The summed E-state index contributed by atoms with van der Waals surface area (Å²) < 4.78 is 0.845. The van der Waals surface area contributed by atoms with E-state index in [4.69, 9.17) is 10.9 Å². The lowest BCUT2D eigenvalue weighted by atomic mass is 10.1. The number of piperazine rings is 1. The third-order valence-electron chi connectivity index (χ3n) is 3.95. The van der Waals surface area contributed by atoms with Crippen molar-refractivity contribution in [1.82, 2.24) is 4.90 Å². The molecule has 20 heavy (non-hydrogen) atoms. The molecule has 1 aliphatic heterocycles. The highest BCUT2D eigenvalue weighted by Gasteiger charge is 2.23. The van der Waals surface area contributed by atoms with Crippen molar-refractivity contribution in [3.63, 3.8) is 0 Å². The van der Waals surface area contributed by atoms with E-state index in [2.05, 4.69) is 44.9 Å². The van der Waals surface area contributed by atoms with E-state index in [1.165, 1.54) is 0 Å². The van der Waals surface area contributed by atoms with Crippen LogP contribution in [-0.4, -0.2) is 48.7 Å². The van der Waals surface area contributed by atoms with Crippen LogP contribution >= 0.6 is 15.9 Å². The number of rotatable bonds is 3. The maximum atomic E-state index is 8.75. The maximum absolute atomic E-state index is 8.75. The second kappa shape index (κ2) is 6.45. The van der Waals surface area contributed by atoms with Crippen LogP contribution in [0.5, 0.6) is 0 Å². The second-order valence-electron chi connectivity index (χ2n) is 5.14. The highest BCUT2D eigenvalue weighted by molar-refractivity contribution is 9.10. The molecule has 1 saturated heterocycles. The van der Waals surface area contributed by atoms with Crippen LogP contribution in [0.15, 0.2) is 27.8 Å². The molecule has 110 valence electrons. The van der Waals surface area contributed by atoms with Gasteiger partial charge in [0.1, 0.15) is 0 Å². The van der Waals surface area contributed by atoms with Gasteiger partial charge in [-0.1, -0.05) is 12.1 Å². The van der Waals surface area contributed by atoms with Gasteiger partial charge in [-0.15, -0.1) is 0 Å². The number of anilines is 1. The Kier molecular flexibility index (Phi) is 4.88. The number of oxime groups is 1. The molecule has 3 N–H and O–H groups in total. The standard InChI is InChI=1S/C14H21BrN4O/c1-3-10-9-19(7-6-18(10)2)11-4-5-12(13(15)8-11)14(16)17-20/h4-5,8,10,20H,3,6-7,9H2,1-2H3,(H2,16,17). The van der Waals surface area contributed by atoms with Gasteiger partial charge in [0.2, 0.25) is 0 Å². The van der Waals surface area contributed by atoms with Gasteiger partial charge in [0.25, 0.3) is 0 Å². The summed E-state index contributed by atoms with van der Waals surface area (Å²) in [6, 6.07) is 6.53. The molecule has 0 aromatic heterocycles. The van der Waals surface area contributed by atoms with E-state index in [-0.39, 0.29) is 5.84 Å². The van der Waals surface area contributed by atoms with Crippen LogP contribution in [0.4, 0.5) is 5.69 Å². The zero-order chi connectivity index (χ0) is 14.7. The minimum atomic E-state index is 0.119. The van der Waals surface area contributed by atoms with Gasteiger partial charge in [0.05, 0.1) is 0 Å². The van der Waals surface area contributed by atoms with Crippen LogP contribution < -0.4 is 10.6 Å².